The highest BCUT2D eigenvalue weighted by molar-refractivity contribution is 8.28. The summed E-state index contributed by atoms with van der Waals surface area (Å²) in [5, 5.41) is 16.7. The van der Waals surface area contributed by atoms with Crippen LogP contribution in [0.15, 0.2) is 18.5 Å². The Kier molecular flexibility index (Phi) is 10.9. The summed E-state index contributed by atoms with van der Waals surface area (Å²) < 4.78 is 43.4. The van der Waals surface area contributed by atoms with E-state index in [1.54, 1.807) is 19.5 Å². The van der Waals surface area contributed by atoms with Gasteiger partial charge in [-0.15, -0.1) is 10.3 Å². The second kappa shape index (κ2) is 15.3. The number of benzene rings is 1. The maximum atomic E-state index is 17.5. The first-order chi connectivity index (χ1) is 25.0. The van der Waals surface area contributed by atoms with E-state index in [1.165, 1.54) is 0 Å². The SMILES string of the molecule is CCC(OC)n1ncc2c(-c3ncc4c(N5CCOCC(O)C5)nc(OCC56CCCN5CCC6)nc4c3F)c(CCCOS(C)(C)C)c(C)cc21. The van der Waals surface area contributed by atoms with Crippen molar-refractivity contribution < 1.29 is 27.9 Å². The van der Waals surface area contributed by atoms with Crippen LogP contribution in [-0.2, 0) is 20.1 Å². The largest absolute Gasteiger partial charge is 0.461 e. The molecule has 3 aliphatic heterocycles. The van der Waals surface area contributed by atoms with Gasteiger partial charge >= 0.3 is 6.01 Å². The molecule has 0 aliphatic carbocycles. The molecule has 1 N–H and O–H groups in total. The number of nitrogens with zero attached hydrogens (tertiary/aromatic N) is 7. The lowest BCUT2D eigenvalue weighted by Gasteiger charge is -2.31. The third kappa shape index (κ3) is 7.34. The van der Waals surface area contributed by atoms with Gasteiger partial charge in [-0.1, -0.05) is 6.92 Å². The lowest BCUT2D eigenvalue weighted by atomic mass is 9.92. The zero-order valence-electron chi connectivity index (χ0n) is 31.5. The average molecular weight is 740 g/mol. The van der Waals surface area contributed by atoms with Crippen molar-refractivity contribution in [2.75, 3.05) is 83.4 Å². The Labute approximate surface area is 307 Å². The number of aromatic nitrogens is 5. The molecule has 0 saturated carbocycles. The van der Waals surface area contributed by atoms with E-state index in [0.29, 0.717) is 49.6 Å². The van der Waals surface area contributed by atoms with E-state index in [1.807, 2.05) is 9.58 Å². The molecular formula is C38H54FN7O5S. The molecule has 0 radical (unpaired) electrons. The highest BCUT2D eigenvalue weighted by Crippen LogP contribution is 2.42. The molecule has 7 rings (SSSR count). The first kappa shape index (κ1) is 37.2. The van der Waals surface area contributed by atoms with Crippen LogP contribution in [0.4, 0.5) is 10.2 Å². The quantitative estimate of drug-likeness (QED) is 0.168. The van der Waals surface area contributed by atoms with Crippen LogP contribution in [0, 0.1) is 12.7 Å². The number of methoxy groups -OCH3 is 1. The first-order valence-corrected chi connectivity index (χ1v) is 21.4. The summed E-state index contributed by atoms with van der Waals surface area (Å²) in [7, 11) is 0.552. The van der Waals surface area contributed by atoms with Crippen molar-refractivity contribution in [2.45, 2.75) is 76.7 Å². The van der Waals surface area contributed by atoms with Gasteiger partial charge in [0.2, 0.25) is 0 Å². The van der Waals surface area contributed by atoms with Gasteiger partial charge in [-0.2, -0.15) is 15.1 Å². The van der Waals surface area contributed by atoms with Gasteiger partial charge in [0.1, 0.15) is 29.9 Å². The standard InChI is InChI=1S/C38H54FN7O5S/c1-7-31(48-3)46-30-19-25(2)27(11-8-17-51-52(4,5)6)32(28(30)21-41-46)35-33(39)34-29(20-40-35)36(44-16-18-49-23-26(47)22-44)43-37(42-34)50-24-38-12-9-14-45(38)15-10-13-38/h19-21,26,31,47H,7-18,22-24H2,1-6H3. The number of β-amino-alcohol motifs (C(OH)–C–C–N with tert-alkyl or cyclic N) is 1. The second-order valence-corrected chi connectivity index (χ2v) is 18.9. The normalized spacial score (nSPS) is 20.5. The van der Waals surface area contributed by atoms with Gasteiger partial charge in [0.05, 0.1) is 48.6 Å². The molecule has 3 aromatic heterocycles. The monoisotopic (exact) mass is 739 g/mol. The average Bonchev–Trinajstić information content (AvgIpc) is 3.78. The number of ether oxygens (including phenoxy) is 3. The Morgan fingerprint density at radius 3 is 2.63 bits per heavy atom. The van der Waals surface area contributed by atoms with E-state index >= 15 is 4.39 Å². The highest BCUT2D eigenvalue weighted by atomic mass is 32.3. The number of anilines is 1. The molecule has 2 atom stereocenters. The van der Waals surface area contributed by atoms with E-state index in [2.05, 4.69) is 43.6 Å². The van der Waals surface area contributed by atoms with Crippen LogP contribution in [0.5, 0.6) is 6.01 Å². The number of hydrogen-bond acceptors (Lipinski definition) is 11. The van der Waals surface area contributed by atoms with Gasteiger partial charge in [-0.25, -0.2) is 9.07 Å². The summed E-state index contributed by atoms with van der Waals surface area (Å²) >= 11 is 0. The molecule has 4 aromatic rings. The number of aryl methyl sites for hydroxylation is 1. The van der Waals surface area contributed by atoms with E-state index in [0.717, 1.165) is 73.6 Å². The lowest BCUT2D eigenvalue weighted by Crippen LogP contribution is -2.43. The van der Waals surface area contributed by atoms with Crippen molar-refractivity contribution in [1.82, 2.24) is 29.6 Å². The molecule has 0 bridgehead atoms. The molecule has 284 valence electrons. The number of rotatable bonds is 13. The van der Waals surface area contributed by atoms with Crippen LogP contribution in [0.1, 0.15) is 62.8 Å². The Hall–Kier alpha value is -3.14. The van der Waals surface area contributed by atoms with Gasteiger partial charge in [-0.3, -0.25) is 9.88 Å². The molecule has 3 saturated heterocycles. The van der Waals surface area contributed by atoms with Crippen molar-refractivity contribution in [2.24, 2.45) is 0 Å². The van der Waals surface area contributed by atoms with Crippen LogP contribution in [0.2, 0.25) is 0 Å². The summed E-state index contributed by atoms with van der Waals surface area (Å²) in [6, 6.07) is 2.24. The first-order valence-electron chi connectivity index (χ1n) is 18.6. The molecule has 1 aromatic carbocycles. The zero-order valence-corrected chi connectivity index (χ0v) is 32.3. The molecule has 2 unspecified atom stereocenters. The summed E-state index contributed by atoms with van der Waals surface area (Å²) in [4.78, 5) is 18.9. The molecule has 3 fully saturated rings. The maximum Gasteiger partial charge on any atom is 0.319 e. The second-order valence-electron chi connectivity index (χ2n) is 15.2. The minimum Gasteiger partial charge on any atom is -0.461 e. The lowest BCUT2D eigenvalue weighted by molar-refractivity contribution is 0.0346. The topological polar surface area (TPSA) is 120 Å². The Balaban J connectivity index is 1.37. The van der Waals surface area contributed by atoms with Crippen molar-refractivity contribution in [3.63, 3.8) is 0 Å². The van der Waals surface area contributed by atoms with Gasteiger partial charge in [0.25, 0.3) is 0 Å². The summed E-state index contributed by atoms with van der Waals surface area (Å²) in [6.07, 6.45) is 15.4. The maximum absolute atomic E-state index is 17.5. The molecule has 6 heterocycles. The predicted molar refractivity (Wildman–Crippen MR) is 204 cm³/mol. The van der Waals surface area contributed by atoms with Crippen molar-refractivity contribution >= 4 is 37.9 Å². The van der Waals surface area contributed by atoms with Crippen LogP contribution in [0.25, 0.3) is 33.1 Å². The van der Waals surface area contributed by atoms with Crippen molar-refractivity contribution in [1.29, 1.82) is 0 Å². The van der Waals surface area contributed by atoms with Crippen LogP contribution in [-0.4, -0.2) is 125 Å². The fourth-order valence-electron chi connectivity index (χ4n) is 8.33. The van der Waals surface area contributed by atoms with Crippen LogP contribution >= 0.6 is 10.3 Å². The minimum atomic E-state index is -1.12. The van der Waals surface area contributed by atoms with Crippen molar-refractivity contribution in [3.8, 4) is 17.3 Å². The van der Waals surface area contributed by atoms with E-state index in [4.69, 9.17) is 38.4 Å². The van der Waals surface area contributed by atoms with E-state index in [9.17, 15) is 5.11 Å². The number of aliphatic hydroxyl groups excluding tert-OH is 1. The number of fused-ring (bicyclic) bond motifs is 3. The predicted octanol–water partition coefficient (Wildman–Crippen LogP) is 5.81. The van der Waals surface area contributed by atoms with Gasteiger partial charge in [0.15, 0.2) is 5.82 Å². The third-order valence-electron chi connectivity index (χ3n) is 10.8. The molecule has 3 aliphatic rings. The van der Waals surface area contributed by atoms with Crippen LogP contribution < -0.4 is 9.64 Å². The van der Waals surface area contributed by atoms with Gasteiger partial charge in [0, 0.05) is 37.3 Å². The molecular weight excluding hydrogens is 686 g/mol. The van der Waals surface area contributed by atoms with Gasteiger partial charge < -0.3 is 28.4 Å². The molecule has 14 heteroatoms. The smallest absolute Gasteiger partial charge is 0.319 e. The fraction of sp³-hybridized carbons (Fsp3) is 0.632. The third-order valence-corrected chi connectivity index (χ3v) is 11.7. The molecule has 12 nitrogen and oxygen atoms in total. The Morgan fingerprint density at radius 2 is 1.90 bits per heavy atom. The zero-order chi connectivity index (χ0) is 36.6. The number of aliphatic hydroxyl groups is 1. The number of halogens is 1. The minimum absolute atomic E-state index is 0.0357. The molecule has 0 amide bonds. The van der Waals surface area contributed by atoms with E-state index in [-0.39, 0.29) is 42.1 Å². The number of pyridine rings is 1. The number of hydrogen-bond donors (Lipinski definition) is 1. The highest BCUT2D eigenvalue weighted by Gasteiger charge is 2.45. The summed E-state index contributed by atoms with van der Waals surface area (Å²) in [5.74, 6) is -0.0703. The summed E-state index contributed by atoms with van der Waals surface area (Å²) in [5.41, 5.74) is 3.86. The summed E-state index contributed by atoms with van der Waals surface area (Å²) in [6.45, 7) is 8.68. The van der Waals surface area contributed by atoms with E-state index < -0.39 is 22.2 Å². The van der Waals surface area contributed by atoms with Crippen molar-refractivity contribution in [3.05, 3.63) is 35.4 Å². The molecule has 0 spiro atoms. The van der Waals surface area contributed by atoms with Crippen LogP contribution in [0.3, 0.4) is 0 Å². The Bertz CT molecular complexity index is 1890. The fourth-order valence-corrected chi connectivity index (χ4v) is 8.94. The molecule has 52 heavy (non-hydrogen) atoms. The van der Waals surface area contributed by atoms with Gasteiger partial charge in [-0.05, 0) is 101 Å². The Morgan fingerprint density at radius 1 is 1.12 bits per heavy atom.